The number of ether oxygens (including phenoxy) is 2. The Bertz CT molecular complexity index is 575. The first kappa shape index (κ1) is 19.4. The van der Waals surface area contributed by atoms with Crippen molar-refractivity contribution in [3.8, 4) is 5.75 Å². The van der Waals surface area contributed by atoms with Crippen molar-refractivity contribution >= 4 is 17.8 Å². The van der Waals surface area contributed by atoms with Crippen LogP contribution in [0, 0.1) is 0 Å². The van der Waals surface area contributed by atoms with Crippen LogP contribution in [0.3, 0.4) is 0 Å². The van der Waals surface area contributed by atoms with Gasteiger partial charge in [-0.05, 0) is 19.1 Å². The number of aliphatic carboxylic acids is 1. The van der Waals surface area contributed by atoms with Gasteiger partial charge in [0.25, 0.3) is 5.91 Å². The molecule has 0 fully saturated rings. The SMILES string of the molecule is CCOc1ccccc1C(=O)NCC(=O)N(CCOC)CC(=O)O. The van der Waals surface area contributed by atoms with Crippen molar-refractivity contribution in [2.45, 2.75) is 6.92 Å². The summed E-state index contributed by atoms with van der Waals surface area (Å²) in [5.74, 6) is -1.68. The predicted molar refractivity (Wildman–Crippen MR) is 86.0 cm³/mol. The Morgan fingerprint density at radius 1 is 1.25 bits per heavy atom. The Morgan fingerprint density at radius 2 is 1.96 bits per heavy atom. The molecular weight excluding hydrogens is 316 g/mol. The summed E-state index contributed by atoms with van der Waals surface area (Å²) in [6.07, 6.45) is 0. The molecule has 0 saturated heterocycles. The van der Waals surface area contributed by atoms with E-state index in [1.54, 1.807) is 31.2 Å². The minimum atomic E-state index is -1.13. The fourth-order valence-corrected chi connectivity index (χ4v) is 1.96. The monoisotopic (exact) mass is 338 g/mol. The van der Waals surface area contributed by atoms with Crippen LogP contribution in [0.15, 0.2) is 24.3 Å². The van der Waals surface area contributed by atoms with E-state index in [0.717, 1.165) is 4.90 Å². The molecule has 0 spiro atoms. The highest BCUT2D eigenvalue weighted by atomic mass is 16.5. The number of hydrogen-bond acceptors (Lipinski definition) is 5. The molecule has 0 saturated carbocycles. The quantitative estimate of drug-likeness (QED) is 0.639. The second-order valence-corrected chi connectivity index (χ2v) is 4.81. The molecule has 0 aliphatic carbocycles. The van der Waals surface area contributed by atoms with Gasteiger partial charge < -0.3 is 24.8 Å². The van der Waals surface area contributed by atoms with E-state index in [-0.39, 0.29) is 19.7 Å². The summed E-state index contributed by atoms with van der Waals surface area (Å²) in [5.41, 5.74) is 0.314. The molecule has 0 unspecified atom stereocenters. The maximum Gasteiger partial charge on any atom is 0.323 e. The minimum absolute atomic E-state index is 0.132. The molecule has 0 aliphatic heterocycles. The maximum atomic E-state index is 12.2. The number of carbonyl (C=O) groups is 3. The fourth-order valence-electron chi connectivity index (χ4n) is 1.96. The molecule has 0 aromatic heterocycles. The van der Waals surface area contributed by atoms with E-state index in [2.05, 4.69) is 5.32 Å². The van der Waals surface area contributed by atoms with Crippen molar-refractivity contribution in [2.24, 2.45) is 0 Å². The van der Waals surface area contributed by atoms with Crippen molar-refractivity contribution in [1.82, 2.24) is 10.2 Å². The van der Waals surface area contributed by atoms with Gasteiger partial charge >= 0.3 is 5.97 Å². The third kappa shape index (κ3) is 6.25. The first-order valence-corrected chi connectivity index (χ1v) is 7.48. The number of nitrogens with zero attached hydrogens (tertiary/aromatic N) is 1. The van der Waals surface area contributed by atoms with Gasteiger partial charge in [-0.15, -0.1) is 0 Å². The van der Waals surface area contributed by atoms with Crippen molar-refractivity contribution < 1.29 is 29.0 Å². The molecule has 0 aliphatic rings. The van der Waals surface area contributed by atoms with E-state index in [4.69, 9.17) is 14.6 Å². The highest BCUT2D eigenvalue weighted by Crippen LogP contribution is 2.17. The number of para-hydroxylation sites is 1. The molecule has 0 radical (unpaired) electrons. The van der Waals surface area contributed by atoms with Crippen LogP contribution in [0.25, 0.3) is 0 Å². The van der Waals surface area contributed by atoms with E-state index in [9.17, 15) is 14.4 Å². The van der Waals surface area contributed by atoms with Crippen LogP contribution in [0.1, 0.15) is 17.3 Å². The molecule has 2 amide bonds. The van der Waals surface area contributed by atoms with E-state index >= 15 is 0 Å². The fraction of sp³-hybridized carbons (Fsp3) is 0.438. The third-order valence-corrected chi connectivity index (χ3v) is 3.08. The van der Waals surface area contributed by atoms with Gasteiger partial charge in [-0.2, -0.15) is 0 Å². The highest BCUT2D eigenvalue weighted by Gasteiger charge is 2.18. The molecule has 24 heavy (non-hydrogen) atoms. The maximum absolute atomic E-state index is 12.2. The van der Waals surface area contributed by atoms with Gasteiger partial charge in [0.1, 0.15) is 12.3 Å². The molecule has 8 heteroatoms. The zero-order valence-electron chi connectivity index (χ0n) is 13.8. The summed E-state index contributed by atoms with van der Waals surface area (Å²) in [4.78, 5) is 36.2. The first-order valence-electron chi connectivity index (χ1n) is 7.48. The zero-order chi connectivity index (χ0) is 17.9. The lowest BCUT2D eigenvalue weighted by Gasteiger charge is -2.20. The van der Waals surface area contributed by atoms with Gasteiger partial charge in [0.05, 0.1) is 25.3 Å². The summed E-state index contributed by atoms with van der Waals surface area (Å²) >= 11 is 0. The lowest BCUT2D eigenvalue weighted by atomic mass is 10.2. The number of methoxy groups -OCH3 is 1. The summed E-state index contributed by atoms with van der Waals surface area (Å²) in [7, 11) is 1.45. The number of carboxylic acid groups (broad SMARTS) is 1. The molecular formula is C16H22N2O6. The third-order valence-electron chi connectivity index (χ3n) is 3.08. The Kier molecular flexibility index (Phi) is 8.28. The van der Waals surface area contributed by atoms with Crippen molar-refractivity contribution in [3.05, 3.63) is 29.8 Å². The standard InChI is InChI=1S/C16H22N2O6/c1-3-24-13-7-5-4-6-12(13)16(22)17-10-14(19)18(8-9-23-2)11-15(20)21/h4-7H,3,8-11H2,1-2H3,(H,17,22)(H,20,21). The average Bonchev–Trinajstić information content (AvgIpc) is 2.56. The lowest BCUT2D eigenvalue weighted by molar-refractivity contribution is -0.144. The minimum Gasteiger partial charge on any atom is -0.493 e. The molecule has 132 valence electrons. The summed E-state index contributed by atoms with van der Waals surface area (Å²) in [6, 6.07) is 6.68. The molecule has 0 bridgehead atoms. The van der Waals surface area contributed by atoms with Gasteiger partial charge in [-0.1, -0.05) is 12.1 Å². The largest absolute Gasteiger partial charge is 0.493 e. The Labute approximate surface area is 140 Å². The van der Waals surface area contributed by atoms with Gasteiger partial charge in [-0.3, -0.25) is 14.4 Å². The molecule has 1 aromatic carbocycles. The van der Waals surface area contributed by atoms with E-state index in [1.165, 1.54) is 7.11 Å². The number of rotatable bonds is 10. The van der Waals surface area contributed by atoms with Crippen LogP contribution < -0.4 is 10.1 Å². The average molecular weight is 338 g/mol. The van der Waals surface area contributed by atoms with Crippen molar-refractivity contribution in [3.63, 3.8) is 0 Å². The molecule has 1 aromatic rings. The molecule has 2 N–H and O–H groups in total. The Balaban J connectivity index is 2.67. The second-order valence-electron chi connectivity index (χ2n) is 4.81. The van der Waals surface area contributed by atoms with Crippen LogP contribution in [0.4, 0.5) is 0 Å². The summed E-state index contributed by atoms with van der Waals surface area (Å²) < 4.78 is 10.2. The van der Waals surface area contributed by atoms with Crippen LogP contribution in [0.2, 0.25) is 0 Å². The van der Waals surface area contributed by atoms with Crippen LogP contribution in [0.5, 0.6) is 5.75 Å². The smallest absolute Gasteiger partial charge is 0.323 e. The van der Waals surface area contributed by atoms with Crippen molar-refractivity contribution in [2.75, 3.05) is 40.0 Å². The molecule has 0 heterocycles. The Morgan fingerprint density at radius 3 is 2.58 bits per heavy atom. The number of carboxylic acids is 1. The normalized spacial score (nSPS) is 10.1. The summed E-state index contributed by atoms with van der Waals surface area (Å²) in [6.45, 7) is 1.79. The van der Waals surface area contributed by atoms with Gasteiger partial charge in [0.15, 0.2) is 0 Å². The first-order chi connectivity index (χ1) is 11.5. The van der Waals surface area contributed by atoms with E-state index in [0.29, 0.717) is 17.9 Å². The number of nitrogens with one attached hydrogen (secondary N) is 1. The number of amides is 2. The van der Waals surface area contributed by atoms with Crippen LogP contribution in [-0.2, 0) is 14.3 Å². The molecule has 0 atom stereocenters. The van der Waals surface area contributed by atoms with Crippen LogP contribution >= 0.6 is 0 Å². The summed E-state index contributed by atoms with van der Waals surface area (Å²) in [5, 5.41) is 11.3. The van der Waals surface area contributed by atoms with Crippen LogP contribution in [-0.4, -0.2) is 67.7 Å². The number of carbonyl (C=O) groups excluding carboxylic acids is 2. The lowest BCUT2D eigenvalue weighted by Crippen LogP contribution is -2.44. The molecule has 1 rings (SSSR count). The zero-order valence-corrected chi connectivity index (χ0v) is 13.8. The second kappa shape index (κ2) is 10.2. The Hall–Kier alpha value is -2.61. The number of benzene rings is 1. The predicted octanol–water partition coefficient (Wildman–Crippen LogP) is 0.375. The van der Waals surface area contributed by atoms with Gasteiger partial charge in [0, 0.05) is 13.7 Å². The van der Waals surface area contributed by atoms with Crippen molar-refractivity contribution in [1.29, 1.82) is 0 Å². The topological polar surface area (TPSA) is 105 Å². The van der Waals surface area contributed by atoms with E-state index in [1.807, 2.05) is 0 Å². The molecule has 8 nitrogen and oxygen atoms in total. The number of hydrogen-bond donors (Lipinski definition) is 2. The van der Waals surface area contributed by atoms with E-state index < -0.39 is 24.3 Å². The highest BCUT2D eigenvalue weighted by molar-refractivity contribution is 5.98. The van der Waals surface area contributed by atoms with Gasteiger partial charge in [0.2, 0.25) is 5.91 Å². The van der Waals surface area contributed by atoms with Gasteiger partial charge in [-0.25, -0.2) is 0 Å².